The molecule has 0 saturated heterocycles. The molecule has 0 unspecified atom stereocenters. The van der Waals surface area contributed by atoms with Gasteiger partial charge < -0.3 is 11.1 Å². The molecule has 1 aromatic carbocycles. The molecule has 1 aliphatic carbocycles. The molecule has 0 aliphatic heterocycles. The van der Waals surface area contributed by atoms with Gasteiger partial charge in [-0.3, -0.25) is 10.1 Å². The van der Waals surface area contributed by atoms with Crippen molar-refractivity contribution in [2.75, 3.05) is 0 Å². The summed E-state index contributed by atoms with van der Waals surface area (Å²) in [6.45, 7) is 0.308. The van der Waals surface area contributed by atoms with Gasteiger partial charge in [-0.05, 0) is 24.5 Å². The van der Waals surface area contributed by atoms with Crippen molar-refractivity contribution < 1.29 is 4.92 Å². The van der Waals surface area contributed by atoms with E-state index in [2.05, 4.69) is 10.3 Å². The molecule has 0 heterocycles. The van der Waals surface area contributed by atoms with E-state index in [0.29, 0.717) is 23.6 Å². The van der Waals surface area contributed by atoms with Gasteiger partial charge in [-0.1, -0.05) is 30.9 Å². The van der Waals surface area contributed by atoms with E-state index in [9.17, 15) is 10.1 Å². The Balaban J connectivity index is 0.00000242. The maximum absolute atomic E-state index is 10.6. The summed E-state index contributed by atoms with van der Waals surface area (Å²) < 4.78 is 0. The van der Waals surface area contributed by atoms with Gasteiger partial charge in [-0.15, -0.1) is 24.0 Å². The fourth-order valence-corrected chi connectivity index (χ4v) is 2.68. The Morgan fingerprint density at radius 3 is 2.68 bits per heavy atom. The number of nitrogens with one attached hydrogen (secondary N) is 1. The van der Waals surface area contributed by atoms with Gasteiger partial charge in [0.15, 0.2) is 5.96 Å². The van der Waals surface area contributed by atoms with E-state index in [1.54, 1.807) is 6.07 Å². The lowest BCUT2D eigenvalue weighted by atomic mass is 9.96. The number of benzene rings is 1. The molecule has 0 amide bonds. The third kappa shape index (κ3) is 5.60. The summed E-state index contributed by atoms with van der Waals surface area (Å²) in [5.41, 5.74) is 6.56. The molecule has 6 nitrogen and oxygen atoms in total. The largest absolute Gasteiger partial charge is 0.370 e. The minimum absolute atomic E-state index is 0. The normalized spacial score (nSPS) is 16.0. The van der Waals surface area contributed by atoms with Crippen LogP contribution < -0.4 is 11.1 Å². The Hall–Kier alpha value is -1.09. The predicted molar refractivity (Wildman–Crippen MR) is 98.9 cm³/mol. The van der Waals surface area contributed by atoms with Crippen LogP contribution in [0.25, 0.3) is 0 Å². The first-order chi connectivity index (χ1) is 10.1. The molecule has 1 saturated carbocycles. The summed E-state index contributed by atoms with van der Waals surface area (Å²) >= 11 is 6.01. The number of guanidine groups is 1. The average molecular weight is 439 g/mol. The van der Waals surface area contributed by atoms with E-state index in [-0.39, 0.29) is 29.7 Å². The number of nitrogens with zero attached hydrogens (tertiary/aromatic N) is 2. The Kier molecular flexibility index (Phi) is 7.88. The van der Waals surface area contributed by atoms with Crippen molar-refractivity contribution in [3.63, 3.8) is 0 Å². The van der Waals surface area contributed by atoms with Crippen molar-refractivity contribution >= 4 is 47.2 Å². The van der Waals surface area contributed by atoms with Gasteiger partial charge in [0.25, 0.3) is 5.69 Å². The van der Waals surface area contributed by atoms with Crippen LogP contribution in [-0.4, -0.2) is 16.9 Å². The third-order valence-electron chi connectivity index (χ3n) is 3.62. The third-order valence-corrected chi connectivity index (χ3v) is 3.98. The molecule has 0 spiro atoms. The lowest BCUT2D eigenvalue weighted by molar-refractivity contribution is -0.384. The van der Waals surface area contributed by atoms with Crippen LogP contribution in [0.2, 0.25) is 5.02 Å². The molecule has 3 N–H and O–H groups in total. The summed E-state index contributed by atoms with van der Waals surface area (Å²) in [6.07, 6.45) is 5.97. The highest BCUT2D eigenvalue weighted by Crippen LogP contribution is 2.23. The monoisotopic (exact) mass is 438 g/mol. The van der Waals surface area contributed by atoms with Crippen LogP contribution in [0.15, 0.2) is 23.2 Å². The van der Waals surface area contributed by atoms with Crippen molar-refractivity contribution in [1.29, 1.82) is 0 Å². The van der Waals surface area contributed by atoms with Crippen LogP contribution in [0, 0.1) is 10.1 Å². The Morgan fingerprint density at radius 1 is 1.41 bits per heavy atom. The number of hydrogen-bond acceptors (Lipinski definition) is 3. The number of nitro groups is 1. The molecule has 1 fully saturated rings. The maximum atomic E-state index is 10.6. The average Bonchev–Trinajstić information content (AvgIpc) is 2.47. The zero-order chi connectivity index (χ0) is 15.2. The van der Waals surface area contributed by atoms with E-state index in [4.69, 9.17) is 17.3 Å². The summed E-state index contributed by atoms with van der Waals surface area (Å²) in [4.78, 5) is 14.4. The zero-order valence-electron chi connectivity index (χ0n) is 12.1. The first-order valence-electron chi connectivity index (χ1n) is 7.05. The van der Waals surface area contributed by atoms with Crippen molar-refractivity contribution in [3.8, 4) is 0 Å². The topological polar surface area (TPSA) is 93.5 Å². The Labute approximate surface area is 151 Å². The van der Waals surface area contributed by atoms with E-state index in [1.807, 2.05) is 0 Å². The van der Waals surface area contributed by atoms with Crippen molar-refractivity contribution in [2.45, 2.75) is 44.7 Å². The fourth-order valence-electron chi connectivity index (χ4n) is 2.45. The zero-order valence-corrected chi connectivity index (χ0v) is 15.2. The van der Waals surface area contributed by atoms with Crippen LogP contribution in [0.4, 0.5) is 5.69 Å². The number of aliphatic imine (C=N–C) groups is 1. The summed E-state index contributed by atoms with van der Waals surface area (Å²) in [7, 11) is 0. The number of rotatable bonds is 4. The second kappa shape index (κ2) is 9.14. The highest BCUT2D eigenvalue weighted by Gasteiger charge is 2.13. The summed E-state index contributed by atoms with van der Waals surface area (Å²) in [5, 5.41) is 14.2. The number of non-ortho nitro benzene ring substituents is 1. The second-order valence-electron chi connectivity index (χ2n) is 5.21. The molecule has 0 aromatic heterocycles. The van der Waals surface area contributed by atoms with Crippen LogP contribution in [0.1, 0.15) is 37.7 Å². The molecule has 0 atom stereocenters. The van der Waals surface area contributed by atoms with Gasteiger partial charge in [0, 0.05) is 18.2 Å². The summed E-state index contributed by atoms with van der Waals surface area (Å²) in [5.74, 6) is 0.399. The molecule has 1 aromatic rings. The van der Waals surface area contributed by atoms with E-state index < -0.39 is 4.92 Å². The molecule has 2 rings (SSSR count). The predicted octanol–water partition coefficient (Wildman–Crippen LogP) is 3.60. The quantitative estimate of drug-likeness (QED) is 0.247. The van der Waals surface area contributed by atoms with Crippen LogP contribution in [-0.2, 0) is 6.54 Å². The minimum Gasteiger partial charge on any atom is -0.370 e. The summed E-state index contributed by atoms with van der Waals surface area (Å²) in [6, 6.07) is 4.76. The van der Waals surface area contributed by atoms with Crippen molar-refractivity contribution in [3.05, 3.63) is 38.9 Å². The highest BCUT2D eigenvalue weighted by atomic mass is 127. The lowest BCUT2D eigenvalue weighted by Crippen LogP contribution is -2.41. The minimum atomic E-state index is -0.474. The maximum Gasteiger partial charge on any atom is 0.270 e. The van der Waals surface area contributed by atoms with E-state index in [0.717, 1.165) is 18.4 Å². The molecule has 0 bridgehead atoms. The number of halogens is 2. The number of nitrogens with two attached hydrogens (primary N) is 1. The molecule has 1 aliphatic rings. The Bertz CT molecular complexity index is 548. The lowest BCUT2D eigenvalue weighted by Gasteiger charge is -2.23. The van der Waals surface area contributed by atoms with Gasteiger partial charge in [-0.2, -0.15) is 0 Å². The SMILES string of the molecule is I.NC(=NCc1ccc([N+](=O)[O-])cc1Cl)NC1CCCCC1. The molecule has 0 radical (unpaired) electrons. The molecule has 122 valence electrons. The first kappa shape index (κ1) is 19.0. The number of hydrogen-bond donors (Lipinski definition) is 2. The number of nitro benzene ring substituents is 1. The molecule has 8 heteroatoms. The second-order valence-corrected chi connectivity index (χ2v) is 5.62. The van der Waals surface area contributed by atoms with Crippen LogP contribution in [0.3, 0.4) is 0 Å². The van der Waals surface area contributed by atoms with Crippen LogP contribution in [0.5, 0.6) is 0 Å². The van der Waals surface area contributed by atoms with Crippen molar-refractivity contribution in [2.24, 2.45) is 10.7 Å². The fraction of sp³-hybridized carbons (Fsp3) is 0.500. The van der Waals surface area contributed by atoms with Gasteiger partial charge in [0.2, 0.25) is 0 Å². The first-order valence-corrected chi connectivity index (χ1v) is 7.43. The highest BCUT2D eigenvalue weighted by molar-refractivity contribution is 14.0. The van der Waals surface area contributed by atoms with Gasteiger partial charge in [0.1, 0.15) is 0 Å². The molecular formula is C14H20ClIN4O2. The van der Waals surface area contributed by atoms with Gasteiger partial charge in [-0.25, -0.2) is 4.99 Å². The smallest absolute Gasteiger partial charge is 0.270 e. The van der Waals surface area contributed by atoms with Crippen LogP contribution >= 0.6 is 35.6 Å². The molecular weight excluding hydrogens is 419 g/mol. The standard InChI is InChI=1S/C14H19ClN4O2.HI/c15-13-8-12(19(20)21)7-6-10(13)9-17-14(16)18-11-4-2-1-3-5-11;/h6-8,11H,1-5,9H2,(H3,16,17,18);1H. The molecule has 22 heavy (non-hydrogen) atoms. The van der Waals surface area contributed by atoms with E-state index >= 15 is 0 Å². The Morgan fingerprint density at radius 2 is 2.09 bits per heavy atom. The van der Waals surface area contributed by atoms with Gasteiger partial charge in [0.05, 0.1) is 16.5 Å². The van der Waals surface area contributed by atoms with Crippen molar-refractivity contribution in [1.82, 2.24) is 5.32 Å². The van der Waals surface area contributed by atoms with E-state index in [1.165, 1.54) is 31.4 Å². The van der Waals surface area contributed by atoms with Gasteiger partial charge >= 0.3 is 0 Å².